The smallest absolute Gasteiger partial charge is 0.255 e. The van der Waals surface area contributed by atoms with E-state index in [4.69, 9.17) is 0 Å². The van der Waals surface area contributed by atoms with Gasteiger partial charge in [0.05, 0.1) is 0 Å². The van der Waals surface area contributed by atoms with Crippen molar-refractivity contribution in [3.05, 3.63) is 59.9 Å². The predicted octanol–water partition coefficient (Wildman–Crippen LogP) is 3.18. The van der Waals surface area contributed by atoms with Crippen molar-refractivity contribution in [3.8, 4) is 0 Å². The first-order chi connectivity index (χ1) is 13.4. The fourth-order valence-corrected chi connectivity index (χ4v) is 2.85. The van der Waals surface area contributed by atoms with Gasteiger partial charge in [0.1, 0.15) is 5.82 Å². The van der Waals surface area contributed by atoms with Gasteiger partial charge in [-0.2, -0.15) is 0 Å². The van der Waals surface area contributed by atoms with E-state index < -0.39 is 11.7 Å². The van der Waals surface area contributed by atoms with E-state index in [0.717, 1.165) is 6.42 Å². The minimum absolute atomic E-state index is 0.00341. The van der Waals surface area contributed by atoms with Crippen molar-refractivity contribution >= 4 is 29.1 Å². The summed E-state index contributed by atoms with van der Waals surface area (Å²) in [5.74, 6) is -0.607. The van der Waals surface area contributed by atoms with Crippen LogP contribution in [0, 0.1) is 17.7 Å². The van der Waals surface area contributed by atoms with E-state index >= 15 is 0 Å². The van der Waals surface area contributed by atoms with Crippen LogP contribution in [0.2, 0.25) is 0 Å². The highest BCUT2D eigenvalue weighted by molar-refractivity contribution is 6.05. The van der Waals surface area contributed by atoms with Crippen molar-refractivity contribution in [2.24, 2.45) is 11.8 Å². The molecule has 0 aliphatic heterocycles. The number of carbonyl (C=O) groups is 3. The van der Waals surface area contributed by atoms with Crippen LogP contribution >= 0.6 is 0 Å². The maximum atomic E-state index is 13.2. The summed E-state index contributed by atoms with van der Waals surface area (Å²) in [6, 6.07) is 12.1. The van der Waals surface area contributed by atoms with Gasteiger partial charge < -0.3 is 16.0 Å². The van der Waals surface area contributed by atoms with E-state index in [1.54, 1.807) is 24.3 Å². The maximum absolute atomic E-state index is 13.2. The maximum Gasteiger partial charge on any atom is 0.255 e. The van der Waals surface area contributed by atoms with Gasteiger partial charge in [0, 0.05) is 35.8 Å². The van der Waals surface area contributed by atoms with Gasteiger partial charge in [-0.1, -0.05) is 19.1 Å². The highest BCUT2D eigenvalue weighted by Crippen LogP contribution is 2.37. The van der Waals surface area contributed by atoms with Gasteiger partial charge in [0.15, 0.2) is 0 Å². The van der Waals surface area contributed by atoms with Gasteiger partial charge in [0.2, 0.25) is 11.8 Å². The Morgan fingerprint density at radius 3 is 2.39 bits per heavy atom. The van der Waals surface area contributed by atoms with Crippen molar-refractivity contribution < 1.29 is 18.8 Å². The SMILES string of the molecule is C[C@@H]1C[C@H]1C(=O)NCCC(=O)Nc1cccc(C(=O)Nc2cccc(F)c2)c1. The van der Waals surface area contributed by atoms with E-state index in [1.807, 2.05) is 6.92 Å². The van der Waals surface area contributed by atoms with Gasteiger partial charge in [0.25, 0.3) is 5.91 Å². The number of nitrogens with one attached hydrogen (secondary N) is 3. The molecular formula is C21H22FN3O3. The molecular weight excluding hydrogens is 361 g/mol. The molecule has 0 unspecified atom stereocenters. The van der Waals surface area contributed by atoms with Crippen molar-refractivity contribution in [1.29, 1.82) is 0 Å². The first-order valence-corrected chi connectivity index (χ1v) is 9.17. The second-order valence-electron chi connectivity index (χ2n) is 6.95. The summed E-state index contributed by atoms with van der Waals surface area (Å²) in [5, 5.41) is 8.07. The van der Waals surface area contributed by atoms with Gasteiger partial charge in [-0.3, -0.25) is 14.4 Å². The number of halogens is 1. The van der Waals surface area contributed by atoms with Crippen LogP contribution in [0.3, 0.4) is 0 Å². The molecule has 0 radical (unpaired) electrons. The predicted molar refractivity (Wildman–Crippen MR) is 104 cm³/mol. The lowest BCUT2D eigenvalue weighted by Crippen LogP contribution is -2.29. The Labute approximate surface area is 162 Å². The Balaban J connectivity index is 1.50. The first kappa shape index (κ1) is 19.5. The number of hydrogen-bond donors (Lipinski definition) is 3. The summed E-state index contributed by atoms with van der Waals surface area (Å²) in [4.78, 5) is 36.1. The molecule has 0 heterocycles. The van der Waals surface area contributed by atoms with Crippen LogP contribution in [0.15, 0.2) is 48.5 Å². The number of hydrogen-bond acceptors (Lipinski definition) is 3. The summed E-state index contributed by atoms with van der Waals surface area (Å²) in [5.41, 5.74) is 1.15. The fourth-order valence-electron chi connectivity index (χ4n) is 2.85. The Morgan fingerprint density at radius 2 is 1.71 bits per heavy atom. The molecule has 7 heteroatoms. The Kier molecular flexibility index (Phi) is 6.03. The first-order valence-electron chi connectivity index (χ1n) is 9.17. The Morgan fingerprint density at radius 1 is 1.04 bits per heavy atom. The molecule has 2 atom stereocenters. The number of anilines is 2. The van der Waals surface area contributed by atoms with Crippen LogP contribution in [-0.4, -0.2) is 24.3 Å². The van der Waals surface area contributed by atoms with Crippen LogP contribution in [0.4, 0.5) is 15.8 Å². The molecule has 1 fully saturated rings. The second-order valence-corrected chi connectivity index (χ2v) is 6.95. The molecule has 1 saturated carbocycles. The lowest BCUT2D eigenvalue weighted by Gasteiger charge is -2.09. The molecule has 0 saturated heterocycles. The van der Waals surface area contributed by atoms with Crippen molar-refractivity contribution in [1.82, 2.24) is 5.32 Å². The van der Waals surface area contributed by atoms with E-state index in [1.165, 1.54) is 24.3 Å². The summed E-state index contributed by atoms with van der Waals surface area (Å²) in [6.45, 7) is 2.29. The third-order valence-corrected chi connectivity index (χ3v) is 4.59. The van der Waals surface area contributed by atoms with Crippen LogP contribution in [0.5, 0.6) is 0 Å². The van der Waals surface area contributed by atoms with E-state index in [2.05, 4.69) is 16.0 Å². The topological polar surface area (TPSA) is 87.3 Å². The molecule has 0 aromatic heterocycles. The van der Waals surface area contributed by atoms with E-state index in [9.17, 15) is 18.8 Å². The summed E-state index contributed by atoms with van der Waals surface area (Å²) in [6.07, 6.45) is 1.05. The average Bonchev–Trinajstić information content (AvgIpc) is 3.38. The van der Waals surface area contributed by atoms with Crippen LogP contribution in [-0.2, 0) is 9.59 Å². The fraction of sp³-hybridized carbons (Fsp3) is 0.286. The minimum Gasteiger partial charge on any atom is -0.355 e. The monoisotopic (exact) mass is 383 g/mol. The number of amides is 3. The quantitative estimate of drug-likeness (QED) is 0.686. The molecule has 2 aromatic rings. The molecule has 0 bridgehead atoms. The highest BCUT2D eigenvalue weighted by atomic mass is 19.1. The average molecular weight is 383 g/mol. The van der Waals surface area contributed by atoms with Crippen LogP contribution < -0.4 is 16.0 Å². The number of carbonyl (C=O) groups excluding carboxylic acids is 3. The molecule has 1 aliphatic rings. The minimum atomic E-state index is -0.443. The van der Waals surface area contributed by atoms with Gasteiger partial charge in [-0.15, -0.1) is 0 Å². The summed E-state index contributed by atoms with van der Waals surface area (Å²) >= 11 is 0. The molecule has 146 valence electrons. The van der Waals surface area contributed by atoms with Crippen molar-refractivity contribution in [2.75, 3.05) is 17.2 Å². The molecule has 0 spiro atoms. The van der Waals surface area contributed by atoms with Crippen molar-refractivity contribution in [3.63, 3.8) is 0 Å². The molecule has 1 aliphatic carbocycles. The van der Waals surface area contributed by atoms with Crippen molar-refractivity contribution in [2.45, 2.75) is 19.8 Å². The molecule has 28 heavy (non-hydrogen) atoms. The van der Waals surface area contributed by atoms with Crippen LogP contribution in [0.1, 0.15) is 30.1 Å². The number of benzene rings is 2. The highest BCUT2D eigenvalue weighted by Gasteiger charge is 2.38. The lowest BCUT2D eigenvalue weighted by atomic mass is 10.1. The van der Waals surface area contributed by atoms with Gasteiger partial charge >= 0.3 is 0 Å². The third kappa shape index (κ3) is 5.39. The normalized spacial score (nSPS) is 17.5. The van der Waals surface area contributed by atoms with Gasteiger partial charge in [-0.25, -0.2) is 4.39 Å². The molecule has 3 rings (SSSR count). The van der Waals surface area contributed by atoms with E-state index in [0.29, 0.717) is 22.9 Å². The standard InChI is InChI=1S/C21H22FN3O3/c1-13-10-18(13)21(28)23-9-8-19(26)24-16-6-2-4-14(11-16)20(27)25-17-7-3-5-15(22)12-17/h2-7,11-13,18H,8-10H2,1H3,(H,23,28)(H,24,26)(H,25,27)/t13-,18-/m1/s1. The molecule has 3 N–H and O–H groups in total. The zero-order chi connectivity index (χ0) is 20.1. The van der Waals surface area contributed by atoms with E-state index in [-0.39, 0.29) is 30.7 Å². The summed E-state index contributed by atoms with van der Waals surface area (Å²) in [7, 11) is 0. The zero-order valence-electron chi connectivity index (χ0n) is 15.5. The zero-order valence-corrected chi connectivity index (χ0v) is 15.5. The third-order valence-electron chi connectivity index (χ3n) is 4.59. The molecule has 2 aromatic carbocycles. The van der Waals surface area contributed by atoms with Gasteiger partial charge in [-0.05, 0) is 48.7 Å². The summed E-state index contributed by atoms with van der Waals surface area (Å²) < 4.78 is 13.2. The molecule has 3 amide bonds. The van der Waals surface area contributed by atoms with Crippen LogP contribution in [0.25, 0.3) is 0 Å². The lowest BCUT2D eigenvalue weighted by molar-refractivity contribution is -0.122. The molecule has 6 nitrogen and oxygen atoms in total. The Hall–Kier alpha value is -3.22. The second kappa shape index (κ2) is 8.65. The Bertz CT molecular complexity index is 900. The largest absolute Gasteiger partial charge is 0.355 e. The number of rotatable bonds is 7.